The summed E-state index contributed by atoms with van der Waals surface area (Å²) in [6, 6.07) is 14.9. The van der Waals surface area contributed by atoms with Crippen molar-refractivity contribution < 1.29 is 5.11 Å². The molecule has 2 aromatic carbocycles. The predicted octanol–water partition coefficient (Wildman–Crippen LogP) is 4.74. The Hall–Kier alpha value is -2.75. The Morgan fingerprint density at radius 2 is 1.75 bits per heavy atom. The van der Waals surface area contributed by atoms with Crippen molar-refractivity contribution in [3.8, 4) is 28.1 Å². The summed E-state index contributed by atoms with van der Waals surface area (Å²) in [5, 5.41) is 10.8. The zero-order chi connectivity index (χ0) is 19.3. The number of aromatic hydroxyl groups is 1. The summed E-state index contributed by atoms with van der Waals surface area (Å²) in [6.45, 7) is 3.38. The van der Waals surface area contributed by atoms with Gasteiger partial charge >= 0.3 is 0 Å². The van der Waals surface area contributed by atoms with Crippen LogP contribution >= 0.6 is 0 Å². The van der Waals surface area contributed by atoms with Crippen molar-refractivity contribution in [1.29, 1.82) is 0 Å². The quantitative estimate of drug-likeness (QED) is 0.717. The maximum atomic E-state index is 13.0. The lowest BCUT2D eigenvalue weighted by atomic mass is 9.92. The molecule has 28 heavy (non-hydrogen) atoms. The van der Waals surface area contributed by atoms with E-state index in [9.17, 15) is 9.90 Å². The third-order valence-electron chi connectivity index (χ3n) is 6.24. The number of nitrogens with zero attached hydrogens (tertiary/aromatic N) is 2. The van der Waals surface area contributed by atoms with Crippen LogP contribution in [-0.2, 0) is 19.5 Å². The summed E-state index contributed by atoms with van der Waals surface area (Å²) < 4.78 is 3.44. The molecule has 1 aliphatic heterocycles. The van der Waals surface area contributed by atoms with Crippen molar-refractivity contribution in [3.63, 3.8) is 0 Å². The van der Waals surface area contributed by atoms with E-state index in [0.717, 1.165) is 41.9 Å². The monoisotopic (exact) mass is 374 g/mol. The third kappa shape index (κ3) is 2.88. The summed E-state index contributed by atoms with van der Waals surface area (Å²) in [5.41, 5.74) is 5.94. The van der Waals surface area contributed by atoms with Crippen LogP contribution < -0.4 is 5.56 Å². The Bertz CT molecular complexity index is 1100. The molecule has 0 saturated heterocycles. The normalized spacial score (nSPS) is 16.2. The van der Waals surface area contributed by atoms with Crippen LogP contribution in [0.3, 0.4) is 0 Å². The lowest BCUT2D eigenvalue weighted by molar-refractivity contribution is 0.305. The van der Waals surface area contributed by atoms with Crippen molar-refractivity contribution in [1.82, 2.24) is 9.36 Å². The average molecular weight is 374 g/mol. The summed E-state index contributed by atoms with van der Waals surface area (Å²) in [7, 11) is 0. The van der Waals surface area contributed by atoms with E-state index in [1.807, 2.05) is 6.92 Å². The van der Waals surface area contributed by atoms with Crippen molar-refractivity contribution >= 4 is 0 Å². The molecule has 4 heteroatoms. The number of rotatable bonds is 4. The Morgan fingerprint density at radius 3 is 2.50 bits per heavy atom. The van der Waals surface area contributed by atoms with Crippen LogP contribution in [0.25, 0.3) is 22.3 Å². The van der Waals surface area contributed by atoms with Crippen LogP contribution in [0.5, 0.6) is 5.88 Å². The molecule has 0 bridgehead atoms. The van der Waals surface area contributed by atoms with Gasteiger partial charge in [0.2, 0.25) is 5.88 Å². The van der Waals surface area contributed by atoms with Crippen LogP contribution in [0.4, 0.5) is 0 Å². The van der Waals surface area contributed by atoms with Gasteiger partial charge in [-0.15, -0.1) is 0 Å². The first-order chi connectivity index (χ1) is 13.6. The minimum Gasteiger partial charge on any atom is -0.493 e. The van der Waals surface area contributed by atoms with E-state index >= 15 is 0 Å². The first-order valence-electron chi connectivity index (χ1n) is 10.4. The average Bonchev–Trinajstić information content (AvgIpc) is 3.50. The maximum absolute atomic E-state index is 13.0. The van der Waals surface area contributed by atoms with Crippen molar-refractivity contribution in [2.24, 2.45) is 5.92 Å². The first kappa shape index (κ1) is 17.4. The van der Waals surface area contributed by atoms with Gasteiger partial charge in [-0.05, 0) is 78.8 Å². The molecule has 1 N–H and O–H groups in total. The molecule has 0 radical (unpaired) electrons. The highest BCUT2D eigenvalue weighted by Gasteiger charge is 2.25. The molecule has 2 aliphatic rings. The predicted molar refractivity (Wildman–Crippen MR) is 112 cm³/mol. The highest BCUT2D eigenvalue weighted by Crippen LogP contribution is 2.38. The van der Waals surface area contributed by atoms with Gasteiger partial charge in [0.05, 0.1) is 0 Å². The van der Waals surface area contributed by atoms with Gasteiger partial charge in [0.1, 0.15) is 5.56 Å². The lowest BCUT2D eigenvalue weighted by Crippen LogP contribution is -2.27. The molecule has 1 aromatic heterocycles. The molecule has 1 fully saturated rings. The van der Waals surface area contributed by atoms with Gasteiger partial charge in [-0.1, -0.05) is 36.4 Å². The van der Waals surface area contributed by atoms with Crippen LogP contribution in [0.1, 0.15) is 36.8 Å². The highest BCUT2D eigenvalue weighted by atomic mass is 16.3. The zero-order valence-corrected chi connectivity index (χ0v) is 16.3. The Morgan fingerprint density at radius 1 is 1.00 bits per heavy atom. The number of hydrogen-bond donors (Lipinski definition) is 1. The first-order valence-corrected chi connectivity index (χ1v) is 10.4. The van der Waals surface area contributed by atoms with Crippen molar-refractivity contribution in [2.75, 3.05) is 0 Å². The molecule has 1 saturated carbocycles. The molecule has 4 nitrogen and oxygen atoms in total. The van der Waals surface area contributed by atoms with Crippen LogP contribution in [-0.4, -0.2) is 14.5 Å². The number of fused-ring (bicyclic) bond motifs is 1. The largest absolute Gasteiger partial charge is 0.493 e. The molecule has 2 heterocycles. The van der Waals surface area contributed by atoms with Gasteiger partial charge < -0.3 is 5.11 Å². The number of benzene rings is 2. The Balaban J connectivity index is 1.64. The number of aromatic nitrogens is 2. The van der Waals surface area contributed by atoms with E-state index in [-0.39, 0.29) is 11.4 Å². The van der Waals surface area contributed by atoms with E-state index < -0.39 is 0 Å². The molecule has 3 aromatic rings. The SMILES string of the molecule is Cc1ccc(-c2ccccc2CC2CC2)cc1-c1c(O)n2n(c1=O)CCCC2. The molecular weight excluding hydrogens is 348 g/mol. The number of aryl methyl sites for hydroxylation is 1. The van der Waals surface area contributed by atoms with E-state index in [4.69, 9.17) is 0 Å². The van der Waals surface area contributed by atoms with Gasteiger partial charge in [-0.3, -0.25) is 9.48 Å². The van der Waals surface area contributed by atoms with Gasteiger partial charge in [0.15, 0.2) is 0 Å². The molecule has 0 amide bonds. The third-order valence-corrected chi connectivity index (χ3v) is 6.24. The Kier molecular flexibility index (Phi) is 4.15. The van der Waals surface area contributed by atoms with E-state index in [1.165, 1.54) is 24.0 Å². The van der Waals surface area contributed by atoms with Gasteiger partial charge in [0, 0.05) is 13.1 Å². The van der Waals surface area contributed by atoms with E-state index in [0.29, 0.717) is 18.7 Å². The highest BCUT2D eigenvalue weighted by molar-refractivity contribution is 5.78. The fourth-order valence-corrected chi connectivity index (χ4v) is 4.46. The second kappa shape index (κ2) is 6.69. The fraction of sp³-hybridized carbons (Fsp3) is 0.375. The lowest BCUT2D eigenvalue weighted by Gasteiger charge is -2.16. The smallest absolute Gasteiger partial charge is 0.278 e. The molecule has 5 rings (SSSR count). The molecule has 0 unspecified atom stereocenters. The molecule has 0 spiro atoms. The molecular formula is C24H26N2O2. The molecule has 0 atom stereocenters. The molecule has 144 valence electrons. The standard InChI is InChI=1S/C24H26N2O2/c1-16-8-11-19(20-7-3-2-6-18(20)14-17-9-10-17)15-21(16)22-23(27)25-12-4-5-13-26(25)24(22)28/h2-3,6-8,11,15,17,27H,4-5,9-10,12-14H2,1H3. The summed E-state index contributed by atoms with van der Waals surface area (Å²) >= 11 is 0. The fourth-order valence-electron chi connectivity index (χ4n) is 4.46. The second-order valence-electron chi connectivity index (χ2n) is 8.29. The van der Waals surface area contributed by atoms with Gasteiger partial charge in [-0.25, -0.2) is 4.68 Å². The minimum absolute atomic E-state index is 0.0799. The minimum atomic E-state index is -0.0799. The van der Waals surface area contributed by atoms with Gasteiger partial charge in [-0.2, -0.15) is 0 Å². The van der Waals surface area contributed by atoms with Gasteiger partial charge in [0.25, 0.3) is 5.56 Å². The van der Waals surface area contributed by atoms with Crippen molar-refractivity contribution in [3.05, 3.63) is 63.9 Å². The molecule has 1 aliphatic carbocycles. The van der Waals surface area contributed by atoms with Crippen molar-refractivity contribution in [2.45, 2.75) is 52.1 Å². The summed E-state index contributed by atoms with van der Waals surface area (Å²) in [4.78, 5) is 13.0. The zero-order valence-electron chi connectivity index (χ0n) is 16.3. The van der Waals surface area contributed by atoms with Crippen LogP contribution in [0.2, 0.25) is 0 Å². The van der Waals surface area contributed by atoms with E-state index in [2.05, 4.69) is 42.5 Å². The van der Waals surface area contributed by atoms with E-state index in [1.54, 1.807) is 9.36 Å². The number of hydrogen-bond acceptors (Lipinski definition) is 2. The second-order valence-corrected chi connectivity index (χ2v) is 8.29. The topological polar surface area (TPSA) is 47.2 Å². The Labute approximate surface area is 165 Å². The van der Waals surface area contributed by atoms with Crippen LogP contribution in [0, 0.1) is 12.8 Å². The summed E-state index contributed by atoms with van der Waals surface area (Å²) in [6.07, 6.45) is 5.75. The summed E-state index contributed by atoms with van der Waals surface area (Å²) in [5.74, 6) is 0.925. The van der Waals surface area contributed by atoms with Crippen LogP contribution in [0.15, 0.2) is 47.3 Å². The maximum Gasteiger partial charge on any atom is 0.278 e.